The minimum atomic E-state index is -1.12. The molecule has 2 aliphatic rings. The van der Waals surface area contributed by atoms with Crippen LogP contribution in [0.15, 0.2) is 12.3 Å². The number of ether oxygens (including phenoxy) is 1. The molecule has 0 spiro atoms. The summed E-state index contributed by atoms with van der Waals surface area (Å²) in [5, 5.41) is 6.46. The molecule has 4 rings (SSSR count). The zero-order valence-electron chi connectivity index (χ0n) is 19.3. The van der Waals surface area contributed by atoms with Crippen molar-refractivity contribution in [3.63, 3.8) is 0 Å². The third kappa shape index (κ3) is 4.24. The van der Waals surface area contributed by atoms with E-state index in [-0.39, 0.29) is 0 Å². The number of aromatic nitrogens is 2. The van der Waals surface area contributed by atoms with Crippen molar-refractivity contribution in [3.05, 3.63) is 22.8 Å². The Hall–Kier alpha value is -0.858. The van der Waals surface area contributed by atoms with Crippen LogP contribution < -0.4 is 5.46 Å². The fourth-order valence-electron chi connectivity index (χ4n) is 3.86. The molecular formula is C22H34BClN2O3Si. The summed E-state index contributed by atoms with van der Waals surface area (Å²) in [5.74, 6) is 0.479. The Kier molecular flexibility index (Phi) is 5.68. The molecule has 0 radical (unpaired) electrons. The monoisotopic (exact) mass is 448 g/mol. The third-order valence-electron chi connectivity index (χ3n) is 6.67. The van der Waals surface area contributed by atoms with Crippen LogP contribution in [-0.4, -0.2) is 42.8 Å². The molecule has 30 heavy (non-hydrogen) atoms. The summed E-state index contributed by atoms with van der Waals surface area (Å²) in [5.41, 5.74) is 2.39. The summed E-state index contributed by atoms with van der Waals surface area (Å²) in [6, 6.07) is 3.17. The van der Waals surface area contributed by atoms with Crippen LogP contribution in [0.25, 0.3) is 10.9 Å². The van der Waals surface area contributed by atoms with Crippen molar-refractivity contribution >= 4 is 43.2 Å². The molecule has 5 nitrogen and oxygen atoms in total. The molecule has 0 amide bonds. The molecule has 164 valence electrons. The molecule has 8 heteroatoms. The van der Waals surface area contributed by atoms with Gasteiger partial charge in [0.05, 0.1) is 22.9 Å². The van der Waals surface area contributed by atoms with Crippen molar-refractivity contribution in [1.29, 1.82) is 0 Å². The van der Waals surface area contributed by atoms with Crippen LogP contribution in [0.5, 0.6) is 0 Å². The van der Waals surface area contributed by atoms with Crippen LogP contribution in [0, 0.1) is 0 Å². The van der Waals surface area contributed by atoms with Gasteiger partial charge in [-0.1, -0.05) is 31.2 Å². The molecule has 0 N–H and O–H groups in total. The van der Waals surface area contributed by atoms with Gasteiger partial charge in [0.15, 0.2) is 0 Å². The standard InChI is InChI=1S/C22H34BClN2O3Si/c1-21(2)22(3,4)29-23(28-21)20-16-13-25-26(14-27-10-11-30(5,6)7)18(16)12-17(24)19(20)15-8-9-15/h12-13,15H,8-11,14H2,1-7H3. The first-order valence-corrected chi connectivity index (χ1v) is 15.1. The van der Waals surface area contributed by atoms with Crippen molar-refractivity contribution in [2.24, 2.45) is 0 Å². The van der Waals surface area contributed by atoms with Gasteiger partial charge in [-0.15, -0.1) is 0 Å². The first kappa shape index (κ1) is 22.3. The average molecular weight is 449 g/mol. The Balaban J connectivity index is 1.69. The number of benzene rings is 1. The fraction of sp³-hybridized carbons (Fsp3) is 0.682. The van der Waals surface area contributed by atoms with Gasteiger partial charge in [0, 0.05) is 25.1 Å². The van der Waals surface area contributed by atoms with Gasteiger partial charge >= 0.3 is 7.12 Å². The summed E-state index contributed by atoms with van der Waals surface area (Å²) < 4.78 is 20.7. The van der Waals surface area contributed by atoms with Gasteiger partial charge in [-0.05, 0) is 69.6 Å². The number of halogens is 1. The smallest absolute Gasteiger partial charge is 0.399 e. The number of nitrogens with zero attached hydrogens (tertiary/aromatic N) is 2. The average Bonchev–Trinajstić information content (AvgIpc) is 3.32. The highest BCUT2D eigenvalue weighted by Crippen LogP contribution is 2.45. The first-order valence-electron chi connectivity index (χ1n) is 11.0. The van der Waals surface area contributed by atoms with Crippen LogP contribution in [-0.2, 0) is 20.8 Å². The van der Waals surface area contributed by atoms with E-state index in [1.165, 1.54) is 5.56 Å². The quantitative estimate of drug-likeness (QED) is 0.432. The van der Waals surface area contributed by atoms with E-state index in [1.807, 2.05) is 16.9 Å². The predicted molar refractivity (Wildman–Crippen MR) is 127 cm³/mol. The van der Waals surface area contributed by atoms with Crippen LogP contribution in [0.3, 0.4) is 0 Å². The molecule has 0 unspecified atom stereocenters. The lowest BCUT2D eigenvalue weighted by Gasteiger charge is -2.32. The summed E-state index contributed by atoms with van der Waals surface area (Å²) >= 11 is 6.83. The molecule has 2 heterocycles. The van der Waals surface area contributed by atoms with Gasteiger partial charge < -0.3 is 14.0 Å². The number of rotatable bonds is 7. The van der Waals surface area contributed by atoms with Crippen molar-refractivity contribution in [1.82, 2.24) is 9.78 Å². The van der Waals surface area contributed by atoms with Crippen molar-refractivity contribution in [2.75, 3.05) is 6.61 Å². The highest BCUT2D eigenvalue weighted by Gasteiger charge is 2.53. The van der Waals surface area contributed by atoms with E-state index in [9.17, 15) is 0 Å². The van der Waals surface area contributed by atoms with Crippen molar-refractivity contribution in [3.8, 4) is 0 Å². The summed E-state index contributed by atoms with van der Waals surface area (Å²) in [6.45, 7) is 16.6. The molecule has 2 aromatic rings. The number of fused-ring (bicyclic) bond motifs is 1. The van der Waals surface area contributed by atoms with Crippen molar-refractivity contribution < 1.29 is 14.0 Å². The SMILES string of the molecule is CC1(C)OB(c2c(C3CC3)c(Cl)cc3c2cnn3COCC[Si](C)(C)C)OC1(C)C. The topological polar surface area (TPSA) is 45.5 Å². The molecule has 1 aliphatic carbocycles. The maximum atomic E-state index is 6.83. The Labute approximate surface area is 186 Å². The molecule has 1 aromatic carbocycles. The minimum Gasteiger partial charge on any atom is -0.399 e. The summed E-state index contributed by atoms with van der Waals surface area (Å²) in [6.07, 6.45) is 4.23. The van der Waals surface area contributed by atoms with Gasteiger partial charge in [-0.25, -0.2) is 4.68 Å². The van der Waals surface area contributed by atoms with Crippen LogP contribution in [0.2, 0.25) is 30.7 Å². The molecule has 1 saturated carbocycles. The Morgan fingerprint density at radius 1 is 1.20 bits per heavy atom. The summed E-state index contributed by atoms with van der Waals surface area (Å²) in [7, 11) is -1.57. The Bertz CT molecular complexity index is 934. The molecule has 1 aromatic heterocycles. The second-order valence-electron chi connectivity index (χ2n) is 11.0. The largest absolute Gasteiger partial charge is 0.495 e. The Morgan fingerprint density at radius 2 is 1.83 bits per heavy atom. The normalized spacial score (nSPS) is 21.0. The highest BCUT2D eigenvalue weighted by atomic mass is 35.5. The van der Waals surface area contributed by atoms with E-state index in [1.54, 1.807) is 0 Å². The number of hydrogen-bond acceptors (Lipinski definition) is 4. The molecule has 1 saturated heterocycles. The maximum Gasteiger partial charge on any atom is 0.495 e. The second kappa shape index (κ2) is 7.63. The predicted octanol–water partition coefficient (Wildman–Crippen LogP) is 5.18. The fourth-order valence-corrected chi connectivity index (χ4v) is 4.98. The molecule has 0 atom stereocenters. The van der Waals surface area contributed by atoms with Gasteiger partial charge in [0.2, 0.25) is 0 Å². The van der Waals surface area contributed by atoms with Gasteiger partial charge in [0.1, 0.15) is 6.73 Å². The molecule has 1 aliphatic heterocycles. The lowest BCUT2D eigenvalue weighted by Crippen LogP contribution is -2.41. The van der Waals surface area contributed by atoms with E-state index in [0.717, 1.165) is 46.9 Å². The van der Waals surface area contributed by atoms with Gasteiger partial charge in [-0.3, -0.25) is 0 Å². The molecule has 0 bridgehead atoms. The van der Waals surface area contributed by atoms with E-state index in [4.69, 9.17) is 25.6 Å². The minimum absolute atomic E-state index is 0.400. The summed E-state index contributed by atoms with van der Waals surface area (Å²) in [4.78, 5) is 0. The third-order valence-corrected chi connectivity index (χ3v) is 8.68. The van der Waals surface area contributed by atoms with E-state index in [0.29, 0.717) is 12.6 Å². The van der Waals surface area contributed by atoms with E-state index in [2.05, 4.69) is 52.4 Å². The van der Waals surface area contributed by atoms with Gasteiger partial charge in [-0.2, -0.15) is 5.10 Å². The maximum absolute atomic E-state index is 6.83. The zero-order valence-corrected chi connectivity index (χ0v) is 21.1. The molecular weight excluding hydrogens is 415 g/mol. The lowest BCUT2D eigenvalue weighted by molar-refractivity contribution is 0.00578. The molecule has 2 fully saturated rings. The zero-order chi connectivity index (χ0) is 21.9. The second-order valence-corrected chi connectivity index (χ2v) is 17.0. The van der Waals surface area contributed by atoms with E-state index < -0.39 is 26.4 Å². The van der Waals surface area contributed by atoms with Crippen LogP contribution >= 0.6 is 11.6 Å². The van der Waals surface area contributed by atoms with E-state index >= 15 is 0 Å². The van der Waals surface area contributed by atoms with Crippen LogP contribution in [0.4, 0.5) is 0 Å². The lowest BCUT2D eigenvalue weighted by atomic mass is 9.73. The first-order chi connectivity index (χ1) is 13.9. The van der Waals surface area contributed by atoms with Crippen LogP contribution in [0.1, 0.15) is 52.0 Å². The number of hydrogen-bond donors (Lipinski definition) is 0. The van der Waals surface area contributed by atoms with Gasteiger partial charge in [0.25, 0.3) is 0 Å². The highest BCUT2D eigenvalue weighted by molar-refractivity contribution is 6.76. The Morgan fingerprint density at radius 3 is 2.40 bits per heavy atom. The van der Waals surface area contributed by atoms with Crippen molar-refractivity contribution in [2.45, 2.75) is 90.1 Å².